The van der Waals surface area contributed by atoms with Crippen LogP contribution in [0.5, 0.6) is 17.2 Å². The second kappa shape index (κ2) is 7.52. The third-order valence-corrected chi connectivity index (χ3v) is 3.40. The highest BCUT2D eigenvalue weighted by Gasteiger charge is 2.10. The number of ether oxygens (including phenoxy) is 2. The number of benzene rings is 2. The van der Waals surface area contributed by atoms with Gasteiger partial charge in [0.1, 0.15) is 17.2 Å². The lowest BCUT2D eigenvalue weighted by Crippen LogP contribution is -2.12. The number of phenolic OH excluding ortho intramolecular Hbond substituents is 1. The van der Waals surface area contributed by atoms with Gasteiger partial charge in [-0.25, -0.2) is 0 Å². The van der Waals surface area contributed by atoms with Crippen LogP contribution >= 0.6 is 0 Å². The minimum absolute atomic E-state index is 0.266. The summed E-state index contributed by atoms with van der Waals surface area (Å²) in [5.41, 5.74) is 2.71. The number of rotatable bonds is 7. The van der Waals surface area contributed by atoms with Gasteiger partial charge in [-0.3, -0.25) is 0 Å². The van der Waals surface area contributed by atoms with Crippen LogP contribution in [0.1, 0.15) is 5.56 Å². The summed E-state index contributed by atoms with van der Waals surface area (Å²) in [5, 5.41) is 13.2. The molecule has 2 aromatic rings. The molecule has 0 fully saturated rings. The molecule has 2 aromatic carbocycles. The van der Waals surface area contributed by atoms with Crippen LogP contribution < -0.4 is 14.8 Å². The van der Waals surface area contributed by atoms with Crippen molar-refractivity contribution in [1.29, 1.82) is 0 Å². The molecular weight excluding hydrogens is 278 g/mol. The predicted molar refractivity (Wildman–Crippen MR) is 88.6 cm³/mol. The molecule has 22 heavy (non-hydrogen) atoms. The van der Waals surface area contributed by atoms with E-state index in [0.717, 1.165) is 28.2 Å². The highest BCUT2D eigenvalue weighted by molar-refractivity contribution is 5.73. The van der Waals surface area contributed by atoms with Crippen molar-refractivity contribution in [3.05, 3.63) is 54.6 Å². The summed E-state index contributed by atoms with van der Waals surface area (Å²) in [6.07, 6.45) is 1.78. The van der Waals surface area contributed by atoms with Crippen LogP contribution in [0.4, 0.5) is 0 Å². The van der Waals surface area contributed by atoms with E-state index in [1.807, 2.05) is 30.3 Å². The Morgan fingerprint density at radius 1 is 1.14 bits per heavy atom. The number of methoxy groups -OCH3 is 2. The van der Waals surface area contributed by atoms with Crippen LogP contribution in [0.15, 0.2) is 49.1 Å². The summed E-state index contributed by atoms with van der Waals surface area (Å²) in [6, 6.07) is 11.2. The van der Waals surface area contributed by atoms with Crippen LogP contribution in [0.25, 0.3) is 11.1 Å². The van der Waals surface area contributed by atoms with E-state index in [9.17, 15) is 5.11 Å². The molecule has 0 spiro atoms. The fourth-order valence-electron chi connectivity index (χ4n) is 2.24. The van der Waals surface area contributed by atoms with E-state index in [4.69, 9.17) is 9.47 Å². The largest absolute Gasteiger partial charge is 0.508 e. The molecule has 0 aliphatic carbocycles. The molecule has 0 unspecified atom stereocenters. The summed E-state index contributed by atoms with van der Waals surface area (Å²) in [6.45, 7) is 4.92. The van der Waals surface area contributed by atoms with E-state index >= 15 is 0 Å². The Kier molecular flexibility index (Phi) is 5.44. The van der Waals surface area contributed by atoms with E-state index in [1.165, 1.54) is 0 Å². The predicted octanol–water partition coefficient (Wildman–Crippen LogP) is 3.35. The molecule has 2 N–H and O–H groups in total. The zero-order chi connectivity index (χ0) is 15.9. The van der Waals surface area contributed by atoms with Crippen LogP contribution in [-0.2, 0) is 6.54 Å². The van der Waals surface area contributed by atoms with E-state index in [-0.39, 0.29) is 5.75 Å². The SMILES string of the molecule is C=CCNCc1cc(-c2cc(OC)ccc2OC)ccc1O. The number of phenols is 1. The average molecular weight is 299 g/mol. The summed E-state index contributed by atoms with van der Waals surface area (Å²) in [4.78, 5) is 0. The Balaban J connectivity index is 2.39. The minimum Gasteiger partial charge on any atom is -0.508 e. The normalized spacial score (nSPS) is 10.3. The Morgan fingerprint density at radius 2 is 1.95 bits per heavy atom. The fourth-order valence-corrected chi connectivity index (χ4v) is 2.24. The highest BCUT2D eigenvalue weighted by atomic mass is 16.5. The van der Waals surface area contributed by atoms with Gasteiger partial charge >= 0.3 is 0 Å². The van der Waals surface area contributed by atoms with Crippen molar-refractivity contribution in [2.75, 3.05) is 20.8 Å². The lowest BCUT2D eigenvalue weighted by Gasteiger charge is -2.13. The van der Waals surface area contributed by atoms with Gasteiger partial charge in [-0.2, -0.15) is 0 Å². The maximum atomic E-state index is 9.99. The van der Waals surface area contributed by atoms with Gasteiger partial charge in [-0.1, -0.05) is 12.1 Å². The second-order valence-corrected chi connectivity index (χ2v) is 4.83. The first kappa shape index (κ1) is 15.9. The summed E-state index contributed by atoms with van der Waals surface area (Å²) in [7, 11) is 3.27. The Bertz CT molecular complexity index is 653. The van der Waals surface area contributed by atoms with Crippen LogP contribution in [-0.4, -0.2) is 25.9 Å². The third-order valence-electron chi connectivity index (χ3n) is 3.40. The van der Waals surface area contributed by atoms with E-state index in [1.54, 1.807) is 26.4 Å². The zero-order valence-corrected chi connectivity index (χ0v) is 12.9. The monoisotopic (exact) mass is 299 g/mol. The van der Waals surface area contributed by atoms with Gasteiger partial charge in [0.05, 0.1) is 14.2 Å². The van der Waals surface area contributed by atoms with Crippen molar-refractivity contribution in [3.63, 3.8) is 0 Å². The molecule has 0 saturated heterocycles. The minimum atomic E-state index is 0.266. The second-order valence-electron chi connectivity index (χ2n) is 4.83. The van der Waals surface area contributed by atoms with E-state index < -0.39 is 0 Å². The Labute approximate surface area is 131 Å². The van der Waals surface area contributed by atoms with Gasteiger partial charge in [0.25, 0.3) is 0 Å². The molecule has 4 nitrogen and oxygen atoms in total. The molecule has 0 saturated carbocycles. The van der Waals surface area contributed by atoms with Crippen molar-refractivity contribution in [3.8, 4) is 28.4 Å². The molecule has 116 valence electrons. The molecule has 0 atom stereocenters. The molecule has 0 bridgehead atoms. The maximum Gasteiger partial charge on any atom is 0.126 e. The quantitative estimate of drug-likeness (QED) is 0.608. The summed E-state index contributed by atoms with van der Waals surface area (Å²) in [5.74, 6) is 1.79. The van der Waals surface area contributed by atoms with Gasteiger partial charge in [-0.05, 0) is 35.9 Å². The molecule has 4 heteroatoms. The molecular formula is C18H21NO3. The Hall–Kier alpha value is -2.46. The highest BCUT2D eigenvalue weighted by Crippen LogP contribution is 2.35. The molecule has 2 rings (SSSR count). The van der Waals surface area contributed by atoms with Gasteiger partial charge in [0.15, 0.2) is 0 Å². The van der Waals surface area contributed by atoms with Gasteiger partial charge in [-0.15, -0.1) is 6.58 Å². The van der Waals surface area contributed by atoms with Crippen LogP contribution in [0.2, 0.25) is 0 Å². The smallest absolute Gasteiger partial charge is 0.126 e. The molecule has 0 radical (unpaired) electrons. The standard InChI is InChI=1S/C18H21NO3/c1-4-9-19-12-14-10-13(5-7-17(14)20)16-11-15(21-2)6-8-18(16)22-3/h4-8,10-11,19-20H,1,9,12H2,2-3H3. The molecule has 0 aromatic heterocycles. The van der Waals surface area contributed by atoms with Gasteiger partial charge < -0.3 is 19.9 Å². The van der Waals surface area contributed by atoms with Crippen molar-refractivity contribution in [1.82, 2.24) is 5.32 Å². The van der Waals surface area contributed by atoms with Gasteiger partial charge in [0, 0.05) is 24.2 Å². The van der Waals surface area contributed by atoms with Crippen molar-refractivity contribution in [2.24, 2.45) is 0 Å². The van der Waals surface area contributed by atoms with Crippen molar-refractivity contribution in [2.45, 2.75) is 6.54 Å². The topological polar surface area (TPSA) is 50.7 Å². The number of hydrogen-bond donors (Lipinski definition) is 2. The molecule has 0 heterocycles. The third kappa shape index (κ3) is 3.59. The first-order chi connectivity index (χ1) is 10.7. The van der Waals surface area contributed by atoms with E-state index in [0.29, 0.717) is 13.1 Å². The Morgan fingerprint density at radius 3 is 2.64 bits per heavy atom. The van der Waals surface area contributed by atoms with Crippen LogP contribution in [0.3, 0.4) is 0 Å². The molecule has 0 aliphatic rings. The van der Waals surface area contributed by atoms with Crippen molar-refractivity contribution >= 4 is 0 Å². The lowest BCUT2D eigenvalue weighted by atomic mass is 10.0. The van der Waals surface area contributed by atoms with Crippen LogP contribution in [0, 0.1) is 0 Å². The van der Waals surface area contributed by atoms with Gasteiger partial charge in [0.2, 0.25) is 0 Å². The lowest BCUT2D eigenvalue weighted by molar-refractivity contribution is 0.404. The summed E-state index contributed by atoms with van der Waals surface area (Å²) >= 11 is 0. The first-order valence-electron chi connectivity index (χ1n) is 7.05. The number of hydrogen-bond acceptors (Lipinski definition) is 4. The zero-order valence-electron chi connectivity index (χ0n) is 12.9. The average Bonchev–Trinajstić information content (AvgIpc) is 2.56. The van der Waals surface area contributed by atoms with E-state index in [2.05, 4.69) is 11.9 Å². The molecule has 0 aliphatic heterocycles. The molecule has 0 amide bonds. The number of nitrogens with one attached hydrogen (secondary N) is 1. The van der Waals surface area contributed by atoms with Crippen molar-refractivity contribution < 1.29 is 14.6 Å². The summed E-state index contributed by atoms with van der Waals surface area (Å²) < 4.78 is 10.7. The maximum absolute atomic E-state index is 9.99. The first-order valence-corrected chi connectivity index (χ1v) is 7.05. The number of aromatic hydroxyl groups is 1. The fraction of sp³-hybridized carbons (Fsp3) is 0.222.